The molecule has 100 valence electrons. The lowest BCUT2D eigenvalue weighted by atomic mass is 10.2. The number of anilines is 1. The second-order valence-electron chi connectivity index (χ2n) is 3.68. The van der Waals surface area contributed by atoms with Crippen LogP contribution in [0.3, 0.4) is 0 Å². The van der Waals surface area contributed by atoms with Crippen molar-refractivity contribution >= 4 is 17.6 Å². The van der Waals surface area contributed by atoms with E-state index >= 15 is 0 Å². The predicted octanol–water partition coefficient (Wildman–Crippen LogP) is 2.02. The van der Waals surface area contributed by atoms with Gasteiger partial charge in [0.1, 0.15) is 0 Å². The first-order valence-corrected chi connectivity index (χ1v) is 5.52. The van der Waals surface area contributed by atoms with Crippen LogP contribution in [0.2, 0.25) is 0 Å². The zero-order chi connectivity index (χ0) is 14.1. The zero-order valence-corrected chi connectivity index (χ0v) is 11.1. The Balaban J connectivity index is 0.000000631. The fourth-order valence-electron chi connectivity index (χ4n) is 1.11. The first-order valence-electron chi connectivity index (χ1n) is 5.52. The normalized spacial score (nSPS) is 8.89. The molecule has 18 heavy (non-hydrogen) atoms. The van der Waals surface area contributed by atoms with Crippen molar-refractivity contribution < 1.29 is 19.4 Å². The first kappa shape index (κ1) is 16.0. The van der Waals surface area contributed by atoms with Crippen molar-refractivity contribution in [1.82, 2.24) is 0 Å². The summed E-state index contributed by atoms with van der Waals surface area (Å²) in [6.07, 6.45) is 0. The second-order valence-corrected chi connectivity index (χ2v) is 3.68. The lowest BCUT2D eigenvalue weighted by Gasteiger charge is -2.12. The number of benzene rings is 1. The minimum atomic E-state index is -0.833. The molecule has 1 N–H and O–H groups in total. The maximum atomic E-state index is 11.3. The van der Waals surface area contributed by atoms with E-state index in [4.69, 9.17) is 14.6 Å². The van der Waals surface area contributed by atoms with Crippen LogP contribution in [0.15, 0.2) is 24.3 Å². The molecular weight excluding hydrogens is 234 g/mol. The van der Waals surface area contributed by atoms with Crippen LogP contribution in [0.5, 0.6) is 0 Å². The van der Waals surface area contributed by atoms with Crippen molar-refractivity contribution in [2.45, 2.75) is 13.8 Å². The zero-order valence-electron chi connectivity index (χ0n) is 11.1. The Labute approximate surface area is 107 Å². The van der Waals surface area contributed by atoms with Crippen molar-refractivity contribution in [3.8, 4) is 0 Å². The smallest absolute Gasteiger partial charge is 0.338 e. The molecule has 5 nitrogen and oxygen atoms in total. The molecule has 5 heteroatoms. The van der Waals surface area contributed by atoms with Gasteiger partial charge < -0.3 is 14.7 Å². The maximum absolute atomic E-state index is 11.3. The van der Waals surface area contributed by atoms with E-state index in [1.807, 2.05) is 31.1 Å². The highest BCUT2D eigenvalue weighted by molar-refractivity contribution is 5.89. The van der Waals surface area contributed by atoms with Crippen LogP contribution in [-0.4, -0.2) is 37.7 Å². The van der Waals surface area contributed by atoms with Crippen molar-refractivity contribution in [1.29, 1.82) is 0 Å². The number of carboxylic acid groups (broad SMARTS) is 1. The van der Waals surface area contributed by atoms with Gasteiger partial charge >= 0.3 is 5.97 Å². The molecule has 1 rings (SSSR count). The number of carboxylic acids is 1. The van der Waals surface area contributed by atoms with Crippen LogP contribution in [-0.2, 0) is 9.53 Å². The largest absolute Gasteiger partial charge is 0.481 e. The number of carbonyl (C=O) groups excluding carboxylic acids is 1. The van der Waals surface area contributed by atoms with Crippen molar-refractivity contribution in [2.75, 3.05) is 25.6 Å². The van der Waals surface area contributed by atoms with Crippen molar-refractivity contribution in [3.05, 3.63) is 29.8 Å². The molecule has 0 atom stereocenters. The number of esters is 1. The summed E-state index contributed by atoms with van der Waals surface area (Å²) in [5, 5.41) is 7.42. The van der Waals surface area contributed by atoms with Crippen LogP contribution in [0, 0.1) is 0 Å². The molecule has 0 radical (unpaired) electrons. The van der Waals surface area contributed by atoms with Crippen LogP contribution >= 0.6 is 0 Å². The molecule has 0 aromatic heterocycles. The molecule has 0 aliphatic carbocycles. The van der Waals surface area contributed by atoms with Gasteiger partial charge in [0.2, 0.25) is 0 Å². The van der Waals surface area contributed by atoms with E-state index in [9.17, 15) is 4.79 Å². The Bertz CT molecular complexity index is 380. The fraction of sp³-hybridized carbons (Fsp3) is 0.385. The summed E-state index contributed by atoms with van der Waals surface area (Å²) in [4.78, 5) is 22.3. The van der Waals surface area contributed by atoms with Gasteiger partial charge in [-0.2, -0.15) is 0 Å². The Morgan fingerprint density at radius 3 is 2.00 bits per heavy atom. The summed E-state index contributed by atoms with van der Waals surface area (Å²) in [5.41, 5.74) is 1.66. The van der Waals surface area contributed by atoms with Gasteiger partial charge in [-0.15, -0.1) is 0 Å². The number of hydrogen-bond donors (Lipinski definition) is 1. The summed E-state index contributed by atoms with van der Waals surface area (Å²) < 4.78 is 4.88. The fourth-order valence-corrected chi connectivity index (χ4v) is 1.11. The number of nitrogens with zero attached hydrogens (tertiary/aromatic N) is 1. The van der Waals surface area contributed by atoms with Crippen molar-refractivity contribution in [2.24, 2.45) is 0 Å². The van der Waals surface area contributed by atoms with E-state index in [-0.39, 0.29) is 5.97 Å². The molecular formula is C13H19NO4. The highest BCUT2D eigenvalue weighted by Gasteiger charge is 2.05. The number of aliphatic carboxylic acids is 1. The highest BCUT2D eigenvalue weighted by atomic mass is 16.5. The number of carbonyl (C=O) groups is 2. The molecule has 0 bridgehead atoms. The van der Waals surface area contributed by atoms with Gasteiger partial charge in [-0.05, 0) is 31.2 Å². The molecule has 1 aromatic carbocycles. The van der Waals surface area contributed by atoms with E-state index in [0.717, 1.165) is 12.6 Å². The predicted molar refractivity (Wildman–Crippen MR) is 70.0 cm³/mol. The monoisotopic (exact) mass is 253 g/mol. The van der Waals surface area contributed by atoms with Crippen LogP contribution in [0.4, 0.5) is 5.69 Å². The van der Waals surface area contributed by atoms with E-state index in [1.165, 1.54) is 0 Å². The third kappa shape index (κ3) is 6.52. The molecule has 0 fully saturated rings. The van der Waals surface area contributed by atoms with Gasteiger partial charge in [-0.1, -0.05) is 0 Å². The number of hydrogen-bond acceptors (Lipinski definition) is 4. The average molecular weight is 253 g/mol. The van der Waals surface area contributed by atoms with E-state index < -0.39 is 5.97 Å². The minimum absolute atomic E-state index is 0.266. The maximum Gasteiger partial charge on any atom is 0.338 e. The quantitative estimate of drug-likeness (QED) is 0.835. The topological polar surface area (TPSA) is 66.8 Å². The Kier molecular flexibility index (Phi) is 7.19. The van der Waals surface area contributed by atoms with Crippen molar-refractivity contribution in [3.63, 3.8) is 0 Å². The Morgan fingerprint density at radius 2 is 1.67 bits per heavy atom. The second kappa shape index (κ2) is 8.11. The molecule has 0 aliphatic heterocycles. The molecule has 0 saturated carbocycles. The SMILES string of the molecule is CC(=O)O.CCOC(=O)c1ccc(N(C)C)cc1. The van der Waals surface area contributed by atoms with Crippen LogP contribution < -0.4 is 4.90 Å². The summed E-state index contributed by atoms with van der Waals surface area (Å²) in [5.74, 6) is -1.10. The molecule has 0 amide bonds. The van der Waals surface area contributed by atoms with Gasteiger partial charge in [0.05, 0.1) is 12.2 Å². The molecule has 0 saturated heterocycles. The lowest BCUT2D eigenvalue weighted by molar-refractivity contribution is -0.134. The molecule has 0 heterocycles. The van der Waals surface area contributed by atoms with E-state index in [0.29, 0.717) is 12.2 Å². The van der Waals surface area contributed by atoms with Gasteiger partial charge in [-0.25, -0.2) is 4.79 Å². The van der Waals surface area contributed by atoms with Crippen LogP contribution in [0.1, 0.15) is 24.2 Å². The van der Waals surface area contributed by atoms with Gasteiger partial charge in [0.15, 0.2) is 0 Å². The Morgan fingerprint density at radius 1 is 1.22 bits per heavy atom. The molecule has 1 aromatic rings. The summed E-state index contributed by atoms with van der Waals surface area (Å²) >= 11 is 0. The molecule has 0 aliphatic rings. The third-order valence-corrected chi connectivity index (χ3v) is 1.89. The lowest BCUT2D eigenvalue weighted by Crippen LogP contribution is -2.09. The van der Waals surface area contributed by atoms with Gasteiger partial charge in [0.25, 0.3) is 5.97 Å². The number of rotatable bonds is 3. The molecule has 0 spiro atoms. The standard InChI is InChI=1S/C11H15NO2.C2H4O2/c1-4-14-11(13)9-5-7-10(8-6-9)12(2)3;1-2(3)4/h5-8H,4H2,1-3H3;1H3,(H,3,4). The third-order valence-electron chi connectivity index (χ3n) is 1.89. The summed E-state index contributed by atoms with van der Waals surface area (Å²) in [7, 11) is 3.92. The van der Waals surface area contributed by atoms with E-state index in [1.54, 1.807) is 19.1 Å². The van der Waals surface area contributed by atoms with Gasteiger partial charge in [0, 0.05) is 26.7 Å². The number of ether oxygens (including phenoxy) is 1. The minimum Gasteiger partial charge on any atom is -0.481 e. The summed E-state index contributed by atoms with van der Waals surface area (Å²) in [6.45, 7) is 3.29. The Hall–Kier alpha value is -2.04. The van der Waals surface area contributed by atoms with E-state index in [2.05, 4.69) is 0 Å². The molecule has 0 unspecified atom stereocenters. The first-order chi connectivity index (χ1) is 8.38. The highest BCUT2D eigenvalue weighted by Crippen LogP contribution is 2.12. The van der Waals surface area contributed by atoms with Crippen LogP contribution in [0.25, 0.3) is 0 Å². The summed E-state index contributed by atoms with van der Waals surface area (Å²) in [6, 6.07) is 7.33. The van der Waals surface area contributed by atoms with Gasteiger partial charge in [-0.3, -0.25) is 4.79 Å². The average Bonchev–Trinajstić information content (AvgIpc) is 2.28.